The van der Waals surface area contributed by atoms with Gasteiger partial charge in [0, 0.05) is 4.47 Å². The summed E-state index contributed by atoms with van der Waals surface area (Å²) in [4.78, 5) is 0. The van der Waals surface area contributed by atoms with Crippen molar-refractivity contribution in [2.24, 2.45) is 5.14 Å². The SMILES string of the molecule is CC(C)(C=Cc1ccccc1Br)S(N)=O. The molecule has 0 aliphatic heterocycles. The molecule has 1 aromatic rings. The third-order valence-electron chi connectivity index (χ3n) is 2.09. The van der Waals surface area contributed by atoms with Crippen LogP contribution in [-0.2, 0) is 11.0 Å². The van der Waals surface area contributed by atoms with Crippen molar-refractivity contribution < 1.29 is 4.21 Å². The van der Waals surface area contributed by atoms with Gasteiger partial charge in [-0.25, -0.2) is 4.21 Å². The first-order chi connectivity index (χ1) is 6.93. The van der Waals surface area contributed by atoms with Gasteiger partial charge in [-0.1, -0.05) is 46.3 Å². The predicted octanol–water partition coefficient (Wildman–Crippen LogP) is 2.86. The molecule has 0 aliphatic carbocycles. The summed E-state index contributed by atoms with van der Waals surface area (Å²) in [6, 6.07) is 7.85. The molecule has 0 saturated carbocycles. The molecule has 15 heavy (non-hydrogen) atoms. The summed E-state index contributed by atoms with van der Waals surface area (Å²) in [5.41, 5.74) is 1.05. The monoisotopic (exact) mass is 287 g/mol. The predicted molar refractivity (Wildman–Crippen MR) is 69.6 cm³/mol. The molecular weight excluding hydrogens is 274 g/mol. The first-order valence-corrected chi connectivity index (χ1v) is 6.54. The molecule has 0 saturated heterocycles. The summed E-state index contributed by atoms with van der Waals surface area (Å²) < 4.78 is 11.7. The third-order valence-corrected chi connectivity index (χ3v) is 3.98. The average molecular weight is 288 g/mol. The molecule has 0 aliphatic rings. The molecular formula is C11H14BrNOS. The summed E-state index contributed by atoms with van der Waals surface area (Å²) in [5.74, 6) is 0. The minimum atomic E-state index is -1.36. The maximum absolute atomic E-state index is 11.2. The Morgan fingerprint density at radius 1 is 1.40 bits per heavy atom. The standard InChI is InChI=1S/C11H14BrNOS/c1-11(2,15(13)14)8-7-9-5-3-4-6-10(9)12/h3-8H,13H2,1-2H3. The fraction of sp³-hybridized carbons (Fsp3) is 0.273. The summed E-state index contributed by atoms with van der Waals surface area (Å²) in [5, 5.41) is 5.38. The quantitative estimate of drug-likeness (QED) is 0.913. The van der Waals surface area contributed by atoms with Gasteiger partial charge in [-0.15, -0.1) is 0 Å². The van der Waals surface area contributed by atoms with Gasteiger partial charge in [0.25, 0.3) is 0 Å². The first kappa shape index (κ1) is 12.6. The van der Waals surface area contributed by atoms with Crippen molar-refractivity contribution in [3.05, 3.63) is 40.4 Å². The maximum Gasteiger partial charge on any atom is 0.0984 e. The fourth-order valence-corrected chi connectivity index (χ4v) is 1.59. The number of rotatable bonds is 3. The van der Waals surface area contributed by atoms with E-state index in [2.05, 4.69) is 15.9 Å². The van der Waals surface area contributed by atoms with Crippen molar-refractivity contribution in [2.45, 2.75) is 18.6 Å². The smallest absolute Gasteiger partial charge is 0.0984 e. The van der Waals surface area contributed by atoms with Crippen molar-refractivity contribution in [1.82, 2.24) is 0 Å². The Morgan fingerprint density at radius 2 is 2.00 bits per heavy atom. The number of benzene rings is 1. The molecule has 1 unspecified atom stereocenters. The van der Waals surface area contributed by atoms with Gasteiger partial charge in [-0.3, -0.25) is 5.14 Å². The van der Waals surface area contributed by atoms with Gasteiger partial charge in [-0.2, -0.15) is 0 Å². The van der Waals surface area contributed by atoms with E-state index in [-0.39, 0.29) is 0 Å². The second-order valence-electron chi connectivity index (χ2n) is 3.76. The van der Waals surface area contributed by atoms with Gasteiger partial charge in [0.05, 0.1) is 15.7 Å². The Bertz CT molecular complexity index is 401. The van der Waals surface area contributed by atoms with Crippen LogP contribution < -0.4 is 5.14 Å². The zero-order valence-electron chi connectivity index (χ0n) is 8.74. The Hall–Kier alpha value is -0.450. The van der Waals surface area contributed by atoms with E-state index < -0.39 is 15.7 Å². The zero-order valence-corrected chi connectivity index (χ0v) is 11.1. The van der Waals surface area contributed by atoms with Crippen molar-refractivity contribution in [3.63, 3.8) is 0 Å². The second kappa shape index (κ2) is 5.05. The van der Waals surface area contributed by atoms with Crippen LogP contribution in [0.2, 0.25) is 0 Å². The van der Waals surface area contributed by atoms with Gasteiger partial charge in [0.1, 0.15) is 0 Å². The largest absolute Gasteiger partial charge is 0.251 e. The molecule has 0 amide bonds. The van der Waals surface area contributed by atoms with Crippen LogP contribution in [-0.4, -0.2) is 8.96 Å². The molecule has 1 rings (SSSR count). The lowest BCUT2D eigenvalue weighted by Crippen LogP contribution is -2.29. The Balaban J connectivity index is 2.92. The van der Waals surface area contributed by atoms with Crippen LogP contribution in [0.3, 0.4) is 0 Å². The summed E-state index contributed by atoms with van der Waals surface area (Å²) in [7, 11) is -1.36. The van der Waals surface area contributed by atoms with Crippen molar-refractivity contribution in [1.29, 1.82) is 0 Å². The van der Waals surface area contributed by atoms with E-state index in [1.54, 1.807) is 0 Å². The van der Waals surface area contributed by atoms with Gasteiger partial charge in [0.15, 0.2) is 0 Å². The number of hydrogen-bond donors (Lipinski definition) is 1. The normalized spacial score (nSPS) is 14.4. The van der Waals surface area contributed by atoms with Crippen LogP contribution in [0.1, 0.15) is 19.4 Å². The summed E-state index contributed by atoms with van der Waals surface area (Å²) >= 11 is 3.44. The summed E-state index contributed by atoms with van der Waals surface area (Å²) in [6.07, 6.45) is 3.79. The van der Waals surface area contributed by atoms with E-state index >= 15 is 0 Å². The highest BCUT2D eigenvalue weighted by Gasteiger charge is 2.19. The molecule has 0 heterocycles. The average Bonchev–Trinajstić information content (AvgIpc) is 2.16. The highest BCUT2D eigenvalue weighted by molar-refractivity contribution is 9.10. The van der Waals surface area contributed by atoms with Gasteiger partial charge >= 0.3 is 0 Å². The molecule has 1 atom stereocenters. The van der Waals surface area contributed by atoms with Crippen LogP contribution in [0.4, 0.5) is 0 Å². The van der Waals surface area contributed by atoms with Crippen LogP contribution in [0.25, 0.3) is 6.08 Å². The van der Waals surface area contributed by atoms with E-state index in [9.17, 15) is 4.21 Å². The van der Waals surface area contributed by atoms with Crippen LogP contribution in [0, 0.1) is 0 Å². The van der Waals surface area contributed by atoms with Crippen molar-refractivity contribution >= 4 is 33.0 Å². The Labute approximate surface area is 101 Å². The van der Waals surface area contributed by atoms with E-state index in [1.807, 2.05) is 50.3 Å². The molecule has 82 valence electrons. The summed E-state index contributed by atoms with van der Waals surface area (Å²) in [6.45, 7) is 3.69. The molecule has 4 heteroatoms. The number of halogens is 1. The van der Waals surface area contributed by atoms with E-state index in [1.165, 1.54) is 0 Å². The lowest BCUT2D eigenvalue weighted by Gasteiger charge is -2.15. The molecule has 2 nitrogen and oxygen atoms in total. The maximum atomic E-state index is 11.2. The first-order valence-electron chi connectivity index (χ1n) is 4.53. The lowest BCUT2D eigenvalue weighted by atomic mass is 10.1. The molecule has 0 radical (unpaired) electrons. The Morgan fingerprint density at radius 3 is 2.53 bits per heavy atom. The van der Waals surface area contributed by atoms with Crippen molar-refractivity contribution in [3.8, 4) is 0 Å². The second-order valence-corrected chi connectivity index (χ2v) is 6.26. The topological polar surface area (TPSA) is 43.1 Å². The molecule has 1 aromatic carbocycles. The molecule has 0 fully saturated rings. The molecule has 0 bridgehead atoms. The molecule has 0 aromatic heterocycles. The van der Waals surface area contributed by atoms with Crippen LogP contribution in [0.5, 0.6) is 0 Å². The van der Waals surface area contributed by atoms with Gasteiger partial charge in [0.2, 0.25) is 0 Å². The fourth-order valence-electron chi connectivity index (χ4n) is 0.968. The van der Waals surface area contributed by atoms with Crippen molar-refractivity contribution in [2.75, 3.05) is 0 Å². The lowest BCUT2D eigenvalue weighted by molar-refractivity contribution is 0.665. The zero-order chi connectivity index (χ0) is 11.5. The van der Waals surface area contributed by atoms with Crippen LogP contribution >= 0.6 is 15.9 Å². The minimum absolute atomic E-state index is 0.505. The number of nitrogens with two attached hydrogens (primary N) is 1. The van der Waals surface area contributed by atoms with Crippen LogP contribution in [0.15, 0.2) is 34.8 Å². The number of hydrogen-bond acceptors (Lipinski definition) is 1. The van der Waals surface area contributed by atoms with Gasteiger partial charge in [-0.05, 0) is 25.5 Å². The minimum Gasteiger partial charge on any atom is -0.251 e. The molecule has 2 N–H and O–H groups in total. The Kier molecular flexibility index (Phi) is 4.25. The third kappa shape index (κ3) is 3.55. The van der Waals surface area contributed by atoms with E-state index in [4.69, 9.17) is 5.14 Å². The van der Waals surface area contributed by atoms with E-state index in [0.29, 0.717) is 0 Å². The van der Waals surface area contributed by atoms with Gasteiger partial charge < -0.3 is 0 Å². The highest BCUT2D eigenvalue weighted by Crippen LogP contribution is 2.20. The highest BCUT2D eigenvalue weighted by atomic mass is 79.9. The molecule has 0 spiro atoms. The van der Waals surface area contributed by atoms with E-state index in [0.717, 1.165) is 10.0 Å².